The van der Waals surface area contributed by atoms with Gasteiger partial charge in [-0.1, -0.05) is 11.6 Å². The molecule has 1 aromatic heterocycles. The Balaban J connectivity index is 1.79. The molecule has 132 valence electrons. The summed E-state index contributed by atoms with van der Waals surface area (Å²) >= 11 is 6.42. The van der Waals surface area contributed by atoms with Crippen LogP contribution in [0.25, 0.3) is 11.8 Å². The highest BCUT2D eigenvalue weighted by atomic mass is 35.5. The molecule has 1 fully saturated rings. The molecule has 1 aliphatic heterocycles. The first-order valence-electron chi connectivity index (χ1n) is 8.12. The van der Waals surface area contributed by atoms with Gasteiger partial charge in [-0.25, -0.2) is 9.07 Å². The van der Waals surface area contributed by atoms with Crippen LogP contribution >= 0.6 is 11.6 Å². The predicted molar refractivity (Wildman–Crippen MR) is 96.4 cm³/mol. The van der Waals surface area contributed by atoms with E-state index in [4.69, 9.17) is 11.6 Å². The SMILES string of the molecule is Cc1nn(-c2ccc(F)cc2)c(Cl)c1/C=C/C(=O)N1CCN(C)CC1. The van der Waals surface area contributed by atoms with E-state index in [2.05, 4.69) is 10.00 Å². The molecule has 5 nitrogen and oxygen atoms in total. The molecule has 0 unspecified atom stereocenters. The molecule has 7 heteroatoms. The number of piperazine rings is 1. The lowest BCUT2D eigenvalue weighted by Crippen LogP contribution is -2.46. The van der Waals surface area contributed by atoms with E-state index < -0.39 is 0 Å². The Kier molecular flexibility index (Phi) is 5.20. The summed E-state index contributed by atoms with van der Waals surface area (Å²) in [5, 5.41) is 4.78. The molecule has 2 heterocycles. The Morgan fingerprint density at radius 3 is 2.48 bits per heavy atom. The minimum Gasteiger partial charge on any atom is -0.337 e. The van der Waals surface area contributed by atoms with Gasteiger partial charge >= 0.3 is 0 Å². The average molecular weight is 363 g/mol. The van der Waals surface area contributed by atoms with Crippen LogP contribution in [0.1, 0.15) is 11.3 Å². The third-order valence-electron chi connectivity index (χ3n) is 4.33. The van der Waals surface area contributed by atoms with Crippen molar-refractivity contribution in [2.75, 3.05) is 33.2 Å². The lowest BCUT2D eigenvalue weighted by atomic mass is 10.2. The van der Waals surface area contributed by atoms with Crippen molar-refractivity contribution >= 4 is 23.6 Å². The topological polar surface area (TPSA) is 41.4 Å². The van der Waals surface area contributed by atoms with Gasteiger partial charge in [-0.3, -0.25) is 4.79 Å². The molecule has 1 amide bonds. The first-order valence-corrected chi connectivity index (χ1v) is 8.50. The van der Waals surface area contributed by atoms with Crippen molar-refractivity contribution in [3.63, 3.8) is 0 Å². The lowest BCUT2D eigenvalue weighted by molar-refractivity contribution is -0.127. The Morgan fingerprint density at radius 2 is 1.84 bits per heavy atom. The zero-order valence-corrected chi connectivity index (χ0v) is 15.0. The number of amides is 1. The van der Waals surface area contributed by atoms with Crippen LogP contribution in [0.3, 0.4) is 0 Å². The van der Waals surface area contributed by atoms with E-state index in [0.717, 1.165) is 26.2 Å². The van der Waals surface area contributed by atoms with E-state index in [1.54, 1.807) is 18.2 Å². The third-order valence-corrected chi connectivity index (χ3v) is 4.69. The van der Waals surface area contributed by atoms with Crippen LogP contribution in [0.5, 0.6) is 0 Å². The zero-order valence-electron chi connectivity index (χ0n) is 14.2. The van der Waals surface area contributed by atoms with Gasteiger partial charge in [0.05, 0.1) is 11.4 Å². The summed E-state index contributed by atoms with van der Waals surface area (Å²) in [4.78, 5) is 16.3. The number of benzene rings is 1. The van der Waals surface area contributed by atoms with Crippen LogP contribution in [0, 0.1) is 12.7 Å². The van der Waals surface area contributed by atoms with Crippen molar-refractivity contribution in [1.82, 2.24) is 19.6 Å². The maximum atomic E-state index is 13.1. The quantitative estimate of drug-likeness (QED) is 0.788. The van der Waals surface area contributed by atoms with E-state index >= 15 is 0 Å². The number of likely N-dealkylation sites (N-methyl/N-ethyl adjacent to an activating group) is 1. The number of carbonyl (C=O) groups is 1. The Bertz CT molecular complexity index is 792. The first-order chi connectivity index (χ1) is 12.0. The largest absolute Gasteiger partial charge is 0.337 e. The summed E-state index contributed by atoms with van der Waals surface area (Å²) < 4.78 is 14.6. The Morgan fingerprint density at radius 1 is 1.20 bits per heavy atom. The van der Waals surface area contributed by atoms with Crippen molar-refractivity contribution in [1.29, 1.82) is 0 Å². The van der Waals surface area contributed by atoms with Gasteiger partial charge in [0.15, 0.2) is 0 Å². The molecule has 1 saturated heterocycles. The second-order valence-electron chi connectivity index (χ2n) is 6.14. The maximum absolute atomic E-state index is 13.1. The van der Waals surface area contributed by atoms with Gasteiger partial charge in [-0.15, -0.1) is 0 Å². The summed E-state index contributed by atoms with van der Waals surface area (Å²) in [5.41, 5.74) is 2.06. The van der Waals surface area contributed by atoms with Crippen LogP contribution in [0.15, 0.2) is 30.3 Å². The molecule has 3 rings (SSSR count). The molecule has 0 atom stereocenters. The molecule has 0 saturated carbocycles. The number of carbonyl (C=O) groups excluding carboxylic acids is 1. The van der Waals surface area contributed by atoms with Gasteiger partial charge in [-0.05, 0) is 44.3 Å². The van der Waals surface area contributed by atoms with Crippen LogP contribution in [-0.4, -0.2) is 58.7 Å². The maximum Gasteiger partial charge on any atom is 0.246 e. The van der Waals surface area contributed by atoms with E-state index in [1.165, 1.54) is 22.9 Å². The van der Waals surface area contributed by atoms with E-state index in [9.17, 15) is 9.18 Å². The molecule has 0 radical (unpaired) electrons. The van der Waals surface area contributed by atoms with Crippen molar-refractivity contribution in [3.8, 4) is 5.69 Å². The highest BCUT2D eigenvalue weighted by Gasteiger charge is 2.18. The molecule has 0 spiro atoms. The molecule has 1 aliphatic rings. The van der Waals surface area contributed by atoms with Crippen molar-refractivity contribution in [2.45, 2.75) is 6.92 Å². The summed E-state index contributed by atoms with van der Waals surface area (Å²) in [6.45, 7) is 5.03. The third kappa shape index (κ3) is 3.91. The summed E-state index contributed by atoms with van der Waals surface area (Å²) in [5.74, 6) is -0.347. The summed E-state index contributed by atoms with van der Waals surface area (Å²) in [7, 11) is 2.05. The number of halogens is 2. The fourth-order valence-electron chi connectivity index (χ4n) is 2.74. The van der Waals surface area contributed by atoms with Gasteiger partial charge in [0.2, 0.25) is 5.91 Å². The fourth-order valence-corrected chi connectivity index (χ4v) is 3.08. The molecule has 2 aromatic rings. The number of aryl methyl sites for hydroxylation is 1. The van der Waals surface area contributed by atoms with Crippen molar-refractivity contribution < 1.29 is 9.18 Å². The molecule has 1 aromatic carbocycles. The second-order valence-corrected chi connectivity index (χ2v) is 6.50. The highest BCUT2D eigenvalue weighted by molar-refractivity contribution is 6.31. The smallest absolute Gasteiger partial charge is 0.246 e. The van der Waals surface area contributed by atoms with Gasteiger partial charge < -0.3 is 9.80 Å². The molecular weight excluding hydrogens is 343 g/mol. The number of nitrogens with zero attached hydrogens (tertiary/aromatic N) is 4. The van der Waals surface area contributed by atoms with Crippen LogP contribution in [-0.2, 0) is 4.79 Å². The number of aromatic nitrogens is 2. The van der Waals surface area contributed by atoms with Crippen LogP contribution in [0.4, 0.5) is 4.39 Å². The van der Waals surface area contributed by atoms with Crippen LogP contribution in [0.2, 0.25) is 5.15 Å². The van der Waals surface area contributed by atoms with Crippen molar-refractivity contribution in [2.24, 2.45) is 0 Å². The minimum atomic E-state index is -0.318. The number of hydrogen-bond donors (Lipinski definition) is 0. The van der Waals surface area contributed by atoms with Gasteiger partial charge in [-0.2, -0.15) is 5.10 Å². The lowest BCUT2D eigenvalue weighted by Gasteiger charge is -2.31. The zero-order chi connectivity index (χ0) is 18.0. The molecule has 0 N–H and O–H groups in total. The highest BCUT2D eigenvalue weighted by Crippen LogP contribution is 2.25. The van der Waals surface area contributed by atoms with Gasteiger partial charge in [0.1, 0.15) is 11.0 Å². The summed E-state index contributed by atoms with van der Waals surface area (Å²) in [6.07, 6.45) is 3.24. The van der Waals surface area contributed by atoms with E-state index in [1.807, 2.05) is 18.9 Å². The van der Waals surface area contributed by atoms with Gasteiger partial charge in [0, 0.05) is 37.8 Å². The minimum absolute atomic E-state index is 0.0295. The molecule has 0 bridgehead atoms. The molecule has 25 heavy (non-hydrogen) atoms. The van der Waals surface area contributed by atoms with Gasteiger partial charge in [0.25, 0.3) is 0 Å². The Labute approximate surface area is 151 Å². The predicted octanol–water partition coefficient (Wildman–Crippen LogP) is 2.76. The average Bonchev–Trinajstić information content (AvgIpc) is 2.88. The van der Waals surface area contributed by atoms with Crippen LogP contribution < -0.4 is 0 Å². The number of rotatable bonds is 3. The first kappa shape index (κ1) is 17.6. The van der Waals surface area contributed by atoms with E-state index in [-0.39, 0.29) is 11.7 Å². The monoisotopic (exact) mass is 362 g/mol. The summed E-state index contributed by atoms with van der Waals surface area (Å²) in [6, 6.07) is 5.93. The standard InChI is InChI=1S/C18H20ClFN4O/c1-13-16(7-8-17(25)23-11-9-22(2)10-12-23)18(19)24(21-13)15-5-3-14(20)4-6-15/h3-8H,9-12H2,1-2H3/b8-7+. The number of hydrogen-bond acceptors (Lipinski definition) is 3. The van der Waals surface area contributed by atoms with Crippen molar-refractivity contribution in [3.05, 3.63) is 52.6 Å². The normalized spacial score (nSPS) is 15.9. The molecule has 0 aliphatic carbocycles. The second kappa shape index (κ2) is 7.37. The Hall–Kier alpha value is -2.18. The molecular formula is C18H20ClFN4O. The fraction of sp³-hybridized carbons (Fsp3) is 0.333. The van der Waals surface area contributed by atoms with E-state index in [0.29, 0.717) is 22.1 Å².